The van der Waals surface area contributed by atoms with E-state index in [-0.39, 0.29) is 5.92 Å². The molecule has 140 valence electrons. The summed E-state index contributed by atoms with van der Waals surface area (Å²) in [6.07, 6.45) is 1.63. The van der Waals surface area contributed by atoms with E-state index < -0.39 is 5.97 Å². The van der Waals surface area contributed by atoms with Gasteiger partial charge in [0.05, 0.1) is 24.2 Å². The highest BCUT2D eigenvalue weighted by molar-refractivity contribution is 6.32. The maximum atomic E-state index is 11.4. The number of hydrogen-bond donors (Lipinski definition) is 1. The molecule has 1 aromatic rings. The zero-order valence-electron chi connectivity index (χ0n) is 15.3. The fourth-order valence-electron chi connectivity index (χ4n) is 3.35. The summed E-state index contributed by atoms with van der Waals surface area (Å²) in [5, 5.41) is 9.87. The molecule has 2 atom stereocenters. The molecule has 1 fully saturated rings. The maximum Gasteiger partial charge on any atom is 0.307 e. The van der Waals surface area contributed by atoms with Crippen molar-refractivity contribution in [2.75, 3.05) is 26.3 Å². The van der Waals surface area contributed by atoms with E-state index >= 15 is 0 Å². The Bertz CT molecular complexity index is 593. The minimum atomic E-state index is -0.715. The van der Waals surface area contributed by atoms with Crippen LogP contribution < -0.4 is 9.47 Å². The molecule has 2 rings (SSSR count). The van der Waals surface area contributed by atoms with Gasteiger partial charge in [0.1, 0.15) is 0 Å². The molecule has 0 aromatic heterocycles. The Labute approximate surface area is 154 Å². The number of halogens is 1. The third-order valence-corrected chi connectivity index (χ3v) is 4.59. The fourth-order valence-corrected chi connectivity index (χ4v) is 3.64. The van der Waals surface area contributed by atoms with Crippen molar-refractivity contribution in [2.24, 2.45) is 11.8 Å². The molecule has 0 saturated carbocycles. The second-order valence-electron chi connectivity index (χ2n) is 6.76. The van der Waals surface area contributed by atoms with Crippen LogP contribution in [0.4, 0.5) is 0 Å². The van der Waals surface area contributed by atoms with Gasteiger partial charge in [0.2, 0.25) is 0 Å². The van der Waals surface area contributed by atoms with Crippen LogP contribution >= 0.6 is 11.6 Å². The predicted octanol–water partition coefficient (Wildman–Crippen LogP) is 4.07. The van der Waals surface area contributed by atoms with Gasteiger partial charge in [0.25, 0.3) is 0 Å². The highest BCUT2D eigenvalue weighted by atomic mass is 35.5. The average molecular weight is 370 g/mol. The van der Waals surface area contributed by atoms with Crippen molar-refractivity contribution in [3.8, 4) is 11.5 Å². The second-order valence-corrected chi connectivity index (χ2v) is 7.16. The number of piperidine rings is 1. The van der Waals surface area contributed by atoms with Crippen LogP contribution in [0.1, 0.15) is 39.2 Å². The van der Waals surface area contributed by atoms with Crippen molar-refractivity contribution in [3.63, 3.8) is 0 Å². The molecule has 1 aliphatic heterocycles. The Hall–Kier alpha value is -1.46. The van der Waals surface area contributed by atoms with Crippen LogP contribution in [0.25, 0.3) is 0 Å². The van der Waals surface area contributed by atoms with E-state index in [1.54, 1.807) is 0 Å². The van der Waals surface area contributed by atoms with Crippen LogP contribution in [0.2, 0.25) is 5.02 Å². The number of carboxylic acids is 1. The zero-order valence-corrected chi connectivity index (χ0v) is 16.0. The standard InChI is InChI=1S/C19H28ClNO4/c1-4-6-25-18-16(20)8-14(9-17(18)24-5-2)11-21-10-13(3)7-15(12-21)19(22)23/h8-9,13,15H,4-7,10-12H2,1-3H3,(H,22,23). The van der Waals surface area contributed by atoms with E-state index in [2.05, 4.69) is 11.8 Å². The van der Waals surface area contributed by atoms with Gasteiger partial charge in [-0.15, -0.1) is 0 Å². The Morgan fingerprint density at radius 1 is 1.32 bits per heavy atom. The SMILES string of the molecule is CCCOc1c(Cl)cc(CN2CC(C)CC(C(=O)O)C2)cc1OCC. The van der Waals surface area contributed by atoms with Crippen LogP contribution in [-0.4, -0.2) is 42.3 Å². The van der Waals surface area contributed by atoms with Crippen LogP contribution in [0.15, 0.2) is 12.1 Å². The van der Waals surface area contributed by atoms with Gasteiger partial charge < -0.3 is 14.6 Å². The molecule has 0 bridgehead atoms. The number of ether oxygens (including phenoxy) is 2. The van der Waals surface area contributed by atoms with Crippen LogP contribution in [-0.2, 0) is 11.3 Å². The third kappa shape index (κ3) is 5.51. The highest BCUT2D eigenvalue weighted by Gasteiger charge is 2.29. The van der Waals surface area contributed by atoms with E-state index in [0.717, 1.165) is 24.9 Å². The predicted molar refractivity (Wildman–Crippen MR) is 98.6 cm³/mol. The van der Waals surface area contributed by atoms with Crippen molar-refractivity contribution in [1.82, 2.24) is 4.90 Å². The van der Waals surface area contributed by atoms with Gasteiger partial charge in [-0.3, -0.25) is 9.69 Å². The molecular formula is C19H28ClNO4. The molecule has 1 aromatic carbocycles. The van der Waals surface area contributed by atoms with Gasteiger partial charge in [0, 0.05) is 19.6 Å². The first-order valence-electron chi connectivity index (χ1n) is 8.97. The number of rotatable bonds is 8. The lowest BCUT2D eigenvalue weighted by Gasteiger charge is -2.34. The molecule has 0 spiro atoms. The Morgan fingerprint density at radius 2 is 2.08 bits per heavy atom. The van der Waals surface area contributed by atoms with E-state index in [0.29, 0.717) is 48.7 Å². The number of benzene rings is 1. The number of hydrogen-bond acceptors (Lipinski definition) is 4. The van der Waals surface area contributed by atoms with Gasteiger partial charge in [0.15, 0.2) is 11.5 Å². The molecule has 1 aliphatic rings. The smallest absolute Gasteiger partial charge is 0.307 e. The van der Waals surface area contributed by atoms with E-state index in [1.165, 1.54) is 0 Å². The van der Waals surface area contributed by atoms with Crippen LogP contribution in [0, 0.1) is 11.8 Å². The van der Waals surface area contributed by atoms with Crippen molar-refractivity contribution < 1.29 is 19.4 Å². The fraction of sp³-hybridized carbons (Fsp3) is 0.632. The van der Waals surface area contributed by atoms with Gasteiger partial charge in [-0.25, -0.2) is 0 Å². The monoisotopic (exact) mass is 369 g/mol. The molecule has 1 N–H and O–H groups in total. The molecule has 2 unspecified atom stereocenters. The van der Waals surface area contributed by atoms with Gasteiger partial charge in [-0.1, -0.05) is 25.4 Å². The van der Waals surface area contributed by atoms with Crippen molar-refractivity contribution in [3.05, 3.63) is 22.7 Å². The first-order chi connectivity index (χ1) is 11.9. The average Bonchev–Trinajstić information content (AvgIpc) is 2.54. The zero-order chi connectivity index (χ0) is 18.4. The third-order valence-electron chi connectivity index (χ3n) is 4.31. The first kappa shape index (κ1) is 19.9. The minimum Gasteiger partial charge on any atom is -0.490 e. The van der Waals surface area contributed by atoms with Gasteiger partial charge in [-0.2, -0.15) is 0 Å². The van der Waals surface area contributed by atoms with Crippen LogP contribution in [0.3, 0.4) is 0 Å². The molecule has 0 aliphatic carbocycles. The summed E-state index contributed by atoms with van der Waals surface area (Å²) in [4.78, 5) is 13.5. The lowest BCUT2D eigenvalue weighted by Crippen LogP contribution is -2.41. The number of likely N-dealkylation sites (tertiary alicyclic amines) is 1. The second kappa shape index (κ2) is 9.30. The molecular weight excluding hydrogens is 342 g/mol. The summed E-state index contributed by atoms with van der Waals surface area (Å²) in [6.45, 7) is 9.29. The van der Waals surface area contributed by atoms with E-state index in [4.69, 9.17) is 21.1 Å². The molecule has 25 heavy (non-hydrogen) atoms. The number of carboxylic acid groups (broad SMARTS) is 1. The van der Waals surface area contributed by atoms with E-state index in [9.17, 15) is 9.90 Å². The molecule has 5 nitrogen and oxygen atoms in total. The summed E-state index contributed by atoms with van der Waals surface area (Å²) in [5.74, 6) is 0.581. The minimum absolute atomic E-state index is 0.308. The number of carbonyl (C=O) groups is 1. The summed E-state index contributed by atoms with van der Waals surface area (Å²) in [5.41, 5.74) is 1.01. The summed E-state index contributed by atoms with van der Waals surface area (Å²) in [7, 11) is 0. The maximum absolute atomic E-state index is 11.4. The van der Waals surface area contributed by atoms with Crippen molar-refractivity contribution in [1.29, 1.82) is 0 Å². The lowest BCUT2D eigenvalue weighted by molar-refractivity contribution is -0.144. The van der Waals surface area contributed by atoms with E-state index in [1.807, 2.05) is 26.0 Å². The molecule has 0 radical (unpaired) electrons. The number of nitrogens with zero attached hydrogens (tertiary/aromatic N) is 1. The summed E-state index contributed by atoms with van der Waals surface area (Å²) >= 11 is 6.41. The van der Waals surface area contributed by atoms with Gasteiger partial charge in [-0.05, 0) is 43.4 Å². The van der Waals surface area contributed by atoms with Crippen molar-refractivity contribution in [2.45, 2.75) is 40.2 Å². The van der Waals surface area contributed by atoms with Crippen LogP contribution in [0.5, 0.6) is 11.5 Å². The lowest BCUT2D eigenvalue weighted by atomic mass is 9.90. The van der Waals surface area contributed by atoms with Crippen molar-refractivity contribution >= 4 is 17.6 Å². The topological polar surface area (TPSA) is 59.0 Å². The molecule has 1 saturated heterocycles. The quantitative estimate of drug-likeness (QED) is 0.748. The normalized spacial score (nSPS) is 21.1. The Morgan fingerprint density at radius 3 is 2.72 bits per heavy atom. The number of aliphatic carboxylic acids is 1. The first-order valence-corrected chi connectivity index (χ1v) is 9.35. The molecule has 0 amide bonds. The molecule has 6 heteroatoms. The highest BCUT2D eigenvalue weighted by Crippen LogP contribution is 2.37. The largest absolute Gasteiger partial charge is 0.490 e. The summed E-state index contributed by atoms with van der Waals surface area (Å²) < 4.78 is 11.4. The summed E-state index contributed by atoms with van der Waals surface area (Å²) in [6, 6.07) is 3.85. The Kier molecular flexibility index (Phi) is 7.38. The van der Waals surface area contributed by atoms with Gasteiger partial charge >= 0.3 is 5.97 Å². The molecule has 1 heterocycles. The Balaban J connectivity index is 2.17.